The molecule has 0 aliphatic rings. The van der Waals surface area contributed by atoms with Gasteiger partial charge in [0.1, 0.15) is 11.6 Å². The predicted molar refractivity (Wildman–Crippen MR) is 313 cm³/mol. The minimum Gasteiger partial charge on any atom is -0.507 e. The first-order valence-corrected chi connectivity index (χ1v) is 25.4. The lowest BCUT2D eigenvalue weighted by molar-refractivity contribution is 0.446. The van der Waals surface area contributed by atoms with Crippen LogP contribution in [0.4, 0.5) is 0 Å². The zero-order chi connectivity index (χ0) is 59.8. The quantitative estimate of drug-likeness (QED) is 0.165. The fourth-order valence-electron chi connectivity index (χ4n) is 9.90. The Morgan fingerprint density at radius 2 is 0.959 bits per heavy atom. The largest absolute Gasteiger partial charge is 0.507 e. The Morgan fingerprint density at radius 1 is 0.405 bits per heavy atom. The molecule has 370 valence electrons. The summed E-state index contributed by atoms with van der Waals surface area (Å²) in [5.74, 6) is 0.633. The maximum Gasteiger partial charge on any atom is 0.149 e. The SMILES string of the molecule is [2H]C([2H])([2H])C(c1ccc(-c2ccc(-n3c(-c4cc(C(C)(C)C)cc(C(C)(C)C)c4O)nc4c(-c5cc(-c6ccccc6)cc(-c6cc(-c7ccc(C(C)(C)C)cc7)ccn6)c5)cccc43)c(-c3ccccc3)c2)cc1)(C([2H])([2H])[2H])C([2H])([2H])[2H]. The van der Waals surface area contributed by atoms with Gasteiger partial charge in [0.15, 0.2) is 0 Å². The summed E-state index contributed by atoms with van der Waals surface area (Å²) in [5.41, 5.74) is 12.2. The minimum absolute atomic E-state index is 0.0192. The molecule has 0 spiro atoms. The predicted octanol–water partition coefficient (Wildman–Crippen LogP) is 19.0. The van der Waals surface area contributed by atoms with Crippen molar-refractivity contribution in [3.63, 3.8) is 0 Å². The Balaban J connectivity index is 1.23. The standard InChI is InChI=1S/C70H69N3O/c1-67(2,3)54-31-26-46(27-32-54)49-30-35-62(58(41-49)48-22-17-14-18-23-48)73-63-25-19-24-57(64(63)72-66(73)59-43-56(69(7,8)9)44-60(65(59)74)70(10,11)12)52-38-51(45-20-15-13-16-21-45)39-53(40-52)61-42-50(36-37-71-61)47-28-33-55(34-29-47)68(4,5)6/h13-44,74H,1-12H3/i1D3,2D3,3D3. The number of hydrogen-bond donors (Lipinski definition) is 1. The van der Waals surface area contributed by atoms with Gasteiger partial charge in [-0.25, -0.2) is 4.98 Å². The molecule has 0 radical (unpaired) electrons. The van der Waals surface area contributed by atoms with Crippen molar-refractivity contribution in [3.8, 4) is 89.7 Å². The molecule has 74 heavy (non-hydrogen) atoms. The Morgan fingerprint density at radius 3 is 1.57 bits per heavy atom. The zero-order valence-corrected chi connectivity index (χ0v) is 43.8. The molecule has 0 aliphatic carbocycles. The van der Waals surface area contributed by atoms with E-state index in [2.05, 4.69) is 152 Å². The van der Waals surface area contributed by atoms with Crippen LogP contribution < -0.4 is 0 Å². The highest BCUT2D eigenvalue weighted by atomic mass is 16.3. The molecule has 0 aliphatic heterocycles. The van der Waals surface area contributed by atoms with Crippen LogP contribution in [-0.2, 0) is 21.7 Å². The lowest BCUT2D eigenvalue weighted by Gasteiger charge is -2.27. The number of phenolic OH excluding ortho intramolecular Hbond substituents is 1. The van der Waals surface area contributed by atoms with Crippen molar-refractivity contribution in [2.24, 2.45) is 0 Å². The first kappa shape index (κ1) is 39.7. The molecule has 0 amide bonds. The lowest BCUT2D eigenvalue weighted by atomic mass is 9.79. The van der Waals surface area contributed by atoms with Crippen LogP contribution >= 0.6 is 0 Å². The highest BCUT2D eigenvalue weighted by Gasteiger charge is 2.30. The molecule has 10 aromatic rings. The summed E-state index contributed by atoms with van der Waals surface area (Å²) in [6, 6.07) is 61.8. The molecule has 2 aromatic heterocycles. The van der Waals surface area contributed by atoms with Gasteiger partial charge in [0.2, 0.25) is 0 Å². The van der Waals surface area contributed by atoms with E-state index in [0.29, 0.717) is 28.0 Å². The van der Waals surface area contributed by atoms with Gasteiger partial charge in [-0.3, -0.25) is 9.55 Å². The Kier molecular flexibility index (Phi) is 10.1. The number of phenols is 1. The van der Waals surface area contributed by atoms with Crippen LogP contribution in [0.3, 0.4) is 0 Å². The third kappa shape index (κ3) is 9.86. The summed E-state index contributed by atoms with van der Waals surface area (Å²) in [5, 5.41) is 12.8. The average Bonchev–Trinajstić information content (AvgIpc) is 3.62. The van der Waals surface area contributed by atoms with Crippen molar-refractivity contribution in [3.05, 3.63) is 217 Å². The monoisotopic (exact) mass is 977 g/mol. The molecular weight excluding hydrogens is 899 g/mol. The first-order valence-electron chi connectivity index (χ1n) is 29.9. The van der Waals surface area contributed by atoms with E-state index >= 15 is 0 Å². The maximum atomic E-state index is 12.8. The van der Waals surface area contributed by atoms with E-state index in [1.807, 2.05) is 85.1 Å². The number of aromatic hydroxyl groups is 1. The Bertz CT molecular complexity index is 3990. The zero-order valence-electron chi connectivity index (χ0n) is 52.8. The molecule has 0 saturated carbocycles. The van der Waals surface area contributed by atoms with Crippen molar-refractivity contribution in [1.82, 2.24) is 14.5 Å². The normalized spacial score (nSPS) is 14.7. The fraction of sp³-hybridized carbons (Fsp3) is 0.229. The van der Waals surface area contributed by atoms with E-state index in [9.17, 15) is 5.11 Å². The maximum absolute atomic E-state index is 12.8. The molecule has 2 heterocycles. The molecule has 1 N–H and O–H groups in total. The van der Waals surface area contributed by atoms with E-state index in [1.54, 1.807) is 12.1 Å². The van der Waals surface area contributed by atoms with Gasteiger partial charge in [-0.05, 0) is 137 Å². The van der Waals surface area contributed by atoms with E-state index in [0.717, 1.165) is 78.1 Å². The van der Waals surface area contributed by atoms with Gasteiger partial charge in [-0.2, -0.15) is 0 Å². The molecule has 10 rings (SSSR count). The number of pyridine rings is 1. The van der Waals surface area contributed by atoms with Crippen LogP contribution in [0, 0.1) is 0 Å². The van der Waals surface area contributed by atoms with Crippen molar-refractivity contribution >= 4 is 11.0 Å². The highest BCUT2D eigenvalue weighted by Crippen LogP contribution is 2.46. The van der Waals surface area contributed by atoms with Crippen molar-refractivity contribution < 1.29 is 17.4 Å². The fourth-order valence-corrected chi connectivity index (χ4v) is 9.90. The molecule has 0 saturated heterocycles. The molecule has 0 bridgehead atoms. The molecule has 4 nitrogen and oxygen atoms in total. The summed E-state index contributed by atoms with van der Waals surface area (Å²) < 4.78 is 77.2. The summed E-state index contributed by atoms with van der Waals surface area (Å²) in [6.07, 6.45) is 1.87. The molecule has 4 heteroatoms. The van der Waals surface area contributed by atoms with E-state index in [4.69, 9.17) is 22.3 Å². The number of hydrogen-bond acceptors (Lipinski definition) is 3. The number of benzene rings is 8. The number of fused-ring (bicyclic) bond motifs is 1. The summed E-state index contributed by atoms with van der Waals surface area (Å²) in [6.45, 7) is 9.22. The molecule has 0 unspecified atom stereocenters. The Hall–Kier alpha value is -7.82. The van der Waals surface area contributed by atoms with Crippen LogP contribution in [0.5, 0.6) is 5.75 Å². The van der Waals surface area contributed by atoms with Gasteiger partial charge in [-0.1, -0.05) is 216 Å². The van der Waals surface area contributed by atoms with Crippen molar-refractivity contribution in [1.29, 1.82) is 0 Å². The van der Waals surface area contributed by atoms with Crippen LogP contribution in [0.15, 0.2) is 194 Å². The van der Waals surface area contributed by atoms with Crippen molar-refractivity contribution in [2.75, 3.05) is 0 Å². The summed E-state index contributed by atoms with van der Waals surface area (Å²) in [4.78, 5) is 10.7. The Labute approximate surface area is 452 Å². The third-order valence-corrected chi connectivity index (χ3v) is 14.2. The van der Waals surface area contributed by atoms with Crippen molar-refractivity contribution in [2.45, 2.75) is 105 Å². The third-order valence-electron chi connectivity index (χ3n) is 14.2. The van der Waals surface area contributed by atoms with Gasteiger partial charge < -0.3 is 5.11 Å². The number of para-hydroxylation sites is 1. The van der Waals surface area contributed by atoms with Crippen LogP contribution in [0.1, 0.15) is 117 Å². The average molecular weight is 977 g/mol. The summed E-state index contributed by atoms with van der Waals surface area (Å²) in [7, 11) is 0. The van der Waals surface area contributed by atoms with E-state index < -0.39 is 31.4 Å². The van der Waals surface area contributed by atoms with E-state index in [1.165, 1.54) is 17.7 Å². The molecular formula is C70H69N3O. The van der Waals surface area contributed by atoms with Gasteiger partial charge in [-0.15, -0.1) is 0 Å². The highest BCUT2D eigenvalue weighted by molar-refractivity contribution is 5.99. The lowest BCUT2D eigenvalue weighted by Crippen LogP contribution is -2.17. The van der Waals surface area contributed by atoms with Gasteiger partial charge in [0, 0.05) is 40.8 Å². The molecule has 8 aromatic carbocycles. The number of nitrogens with zero attached hydrogens (tertiary/aromatic N) is 3. The molecule has 0 fully saturated rings. The number of rotatable bonds is 8. The first-order chi connectivity index (χ1) is 38.9. The molecule has 0 atom stereocenters. The van der Waals surface area contributed by atoms with E-state index in [-0.39, 0.29) is 22.1 Å². The minimum atomic E-state index is -3.40. The van der Waals surface area contributed by atoms with Gasteiger partial charge in [0.05, 0.1) is 28.0 Å². The topological polar surface area (TPSA) is 50.9 Å². The van der Waals surface area contributed by atoms with Crippen LogP contribution in [0.2, 0.25) is 0 Å². The van der Waals surface area contributed by atoms with Gasteiger partial charge >= 0.3 is 0 Å². The smallest absolute Gasteiger partial charge is 0.149 e. The second-order valence-electron chi connectivity index (χ2n) is 22.7. The second-order valence-corrected chi connectivity index (χ2v) is 22.7. The summed E-state index contributed by atoms with van der Waals surface area (Å²) >= 11 is 0. The number of imidazole rings is 1. The second kappa shape index (κ2) is 18.9. The van der Waals surface area contributed by atoms with Crippen LogP contribution in [0.25, 0.3) is 95.0 Å². The number of aromatic nitrogens is 3. The van der Waals surface area contributed by atoms with Crippen LogP contribution in [-0.4, -0.2) is 19.6 Å². The van der Waals surface area contributed by atoms with Gasteiger partial charge in [0.25, 0.3) is 0 Å².